The summed E-state index contributed by atoms with van der Waals surface area (Å²) in [5.74, 6) is -0.610. The fraction of sp³-hybridized carbons (Fsp3) is 0.693. The van der Waals surface area contributed by atoms with Gasteiger partial charge < -0.3 is 108 Å². The van der Waals surface area contributed by atoms with Crippen LogP contribution in [0.5, 0.6) is 0 Å². The number of aromatic nitrogens is 6. The van der Waals surface area contributed by atoms with Crippen molar-refractivity contribution in [3.63, 3.8) is 0 Å². The molecule has 4 bridgehead atoms. The first-order valence-corrected chi connectivity index (χ1v) is 37.5. The van der Waals surface area contributed by atoms with Gasteiger partial charge in [0.1, 0.15) is 36.3 Å². The van der Waals surface area contributed by atoms with Crippen LogP contribution >= 0.6 is 0 Å². The number of aliphatic hydroxyl groups excluding tert-OH is 9. The number of nitrogens with zero attached hydrogens (tertiary/aromatic N) is 12. The maximum Gasteiger partial charge on any atom is 1.00 e. The van der Waals surface area contributed by atoms with Crippen molar-refractivity contribution >= 4 is 23.8 Å². The fourth-order valence-electron chi connectivity index (χ4n) is 14.4. The summed E-state index contributed by atoms with van der Waals surface area (Å²) in [6.45, 7) is 12.7. The number of azide groups is 1. The third-order valence-electron chi connectivity index (χ3n) is 21.0. The molecule has 0 spiro atoms. The van der Waals surface area contributed by atoms with Crippen molar-refractivity contribution in [2.24, 2.45) is 56.9 Å². The molecule has 642 valence electrons. The van der Waals surface area contributed by atoms with Gasteiger partial charge in [-0.2, -0.15) is 22.3 Å². The molecule has 0 aliphatic carbocycles. The molecule has 41 heteroatoms. The van der Waals surface area contributed by atoms with E-state index in [9.17, 15) is 55.2 Å². The summed E-state index contributed by atoms with van der Waals surface area (Å²) < 4.78 is 71.6. The number of methoxy groups -OCH3 is 3. The SMILES string of the molecule is C#CCOC1OC(CCO)C(CO)C(CO)C1OC.C=CC1OC(/C=C/c2ccccc2)C(C)(C)C(=O)N1OCn1cc(COC2OC(CCO)C(CO)C(CO)C2OC)nn1.CC1(C)C(=O)N(OCN=[N+]=[N-])C2C=CC1O2.COC1C(OCc2cn(CON3C(=O)C(C)(C)C4C=CC3O4)nn2)OC(CCO)C(CO)C1CO.C[O-].[Na+]. The van der Waals surface area contributed by atoms with E-state index >= 15 is 0 Å². The number of hydrogen-bond donors (Lipinski definition) is 9. The minimum atomic E-state index is -0.917. The van der Waals surface area contributed by atoms with Gasteiger partial charge in [0.2, 0.25) is 0 Å². The molecule has 10 heterocycles. The molecule has 21 atom stereocenters. The van der Waals surface area contributed by atoms with Crippen LogP contribution < -0.4 is 34.7 Å². The topological polar surface area (TPSA) is 515 Å². The molecule has 2 aromatic heterocycles. The molecular formula is C75H113N12NaO28. The van der Waals surface area contributed by atoms with Crippen molar-refractivity contribution in [1.82, 2.24) is 45.2 Å². The van der Waals surface area contributed by atoms with E-state index in [-0.39, 0.29) is 184 Å². The van der Waals surface area contributed by atoms with E-state index in [1.807, 2.05) is 68.5 Å². The predicted molar refractivity (Wildman–Crippen MR) is 396 cm³/mol. The molecule has 1 aromatic carbocycles. The van der Waals surface area contributed by atoms with Gasteiger partial charge in [0.25, 0.3) is 17.7 Å². The van der Waals surface area contributed by atoms with Gasteiger partial charge >= 0.3 is 29.6 Å². The molecule has 6 fully saturated rings. The second-order valence-corrected chi connectivity index (χ2v) is 29.2. The van der Waals surface area contributed by atoms with Crippen molar-refractivity contribution < 1.29 is 166 Å². The zero-order valence-corrected chi connectivity index (χ0v) is 69.4. The molecule has 11 rings (SSSR count). The maximum absolute atomic E-state index is 13.5. The van der Waals surface area contributed by atoms with Crippen LogP contribution in [0.3, 0.4) is 0 Å². The summed E-state index contributed by atoms with van der Waals surface area (Å²) >= 11 is 0. The number of carbonyl (C=O) groups excluding carboxylic acids is 3. The van der Waals surface area contributed by atoms with Gasteiger partial charge in [-0.25, -0.2) is 19.0 Å². The zero-order chi connectivity index (χ0) is 84.2. The predicted octanol–water partition coefficient (Wildman–Crippen LogP) is -3.03. The van der Waals surface area contributed by atoms with Crippen molar-refractivity contribution in [1.29, 1.82) is 0 Å². The summed E-state index contributed by atoms with van der Waals surface area (Å²) in [5, 5.41) is 118. The Kier molecular flexibility index (Phi) is 41.0. The van der Waals surface area contributed by atoms with Crippen molar-refractivity contribution in [3.8, 4) is 12.3 Å². The number of fused-ring (bicyclic) bond motifs is 4. The largest absolute Gasteiger partial charge is 1.00 e. The Labute approximate surface area is 695 Å². The molecule has 3 amide bonds. The van der Waals surface area contributed by atoms with E-state index in [2.05, 4.69) is 43.1 Å². The van der Waals surface area contributed by atoms with Crippen molar-refractivity contribution in [2.45, 2.75) is 180 Å². The van der Waals surface area contributed by atoms with Crippen LogP contribution in [0.25, 0.3) is 16.5 Å². The quantitative estimate of drug-likeness (QED) is 0.00706. The first-order valence-electron chi connectivity index (χ1n) is 37.5. The third-order valence-corrected chi connectivity index (χ3v) is 21.0. The molecule has 9 N–H and O–H groups in total. The van der Waals surface area contributed by atoms with E-state index < -0.39 is 120 Å². The van der Waals surface area contributed by atoms with Crippen LogP contribution in [0, 0.1) is 64.1 Å². The summed E-state index contributed by atoms with van der Waals surface area (Å²) in [5.41, 5.74) is 7.74. The Balaban J connectivity index is 0.000000255. The van der Waals surface area contributed by atoms with Gasteiger partial charge in [0, 0.05) is 121 Å². The van der Waals surface area contributed by atoms with Crippen LogP contribution in [-0.2, 0) is 112 Å². The van der Waals surface area contributed by atoms with Crippen molar-refractivity contribution in [3.05, 3.63) is 113 Å². The molecule has 116 heavy (non-hydrogen) atoms. The number of hydrogen-bond acceptors (Lipinski definition) is 33. The maximum atomic E-state index is 13.5. The number of aliphatic hydroxyl groups is 9. The molecule has 8 aliphatic rings. The average Bonchev–Trinajstić information content (AvgIpc) is 1.39. The Morgan fingerprint density at radius 3 is 1.34 bits per heavy atom. The number of benzene rings is 1. The van der Waals surface area contributed by atoms with E-state index in [0.717, 1.165) is 22.8 Å². The molecule has 6 saturated heterocycles. The second-order valence-electron chi connectivity index (χ2n) is 29.2. The monoisotopic (exact) mass is 1650 g/mol. The molecule has 3 aromatic rings. The van der Waals surface area contributed by atoms with E-state index in [0.29, 0.717) is 17.8 Å². The van der Waals surface area contributed by atoms with E-state index in [1.54, 1.807) is 52.2 Å². The first-order chi connectivity index (χ1) is 55.4. The first kappa shape index (κ1) is 98.6. The normalized spacial score (nSPS) is 31.1. The van der Waals surface area contributed by atoms with Gasteiger partial charge in [0.05, 0.1) is 78.5 Å². The molecule has 0 saturated carbocycles. The summed E-state index contributed by atoms with van der Waals surface area (Å²) in [6.07, 6.45) is 13.3. The fourth-order valence-corrected chi connectivity index (χ4v) is 14.4. The number of carbonyl (C=O) groups is 3. The van der Waals surface area contributed by atoms with Crippen LogP contribution in [-0.4, -0.2) is 303 Å². The van der Waals surface area contributed by atoms with Gasteiger partial charge in [-0.15, -0.1) is 16.6 Å². The summed E-state index contributed by atoms with van der Waals surface area (Å²) in [6, 6.07) is 9.76. The number of hydroxylamine groups is 6. The molecule has 40 nitrogen and oxygen atoms in total. The number of terminal acetylenes is 1. The smallest absolute Gasteiger partial charge is 0.857 e. The van der Waals surface area contributed by atoms with Crippen LogP contribution in [0.4, 0.5) is 0 Å². The van der Waals surface area contributed by atoms with E-state index in [4.69, 9.17) is 93.5 Å². The second kappa shape index (κ2) is 48.3. The van der Waals surface area contributed by atoms with Gasteiger partial charge in [-0.1, -0.05) is 82.7 Å². The van der Waals surface area contributed by atoms with E-state index in [1.165, 1.54) is 41.8 Å². The molecule has 0 radical (unpaired) electrons. The van der Waals surface area contributed by atoms with Gasteiger partial charge in [-0.3, -0.25) is 19.2 Å². The number of ether oxygens (including phenoxy) is 12. The Bertz CT molecular complexity index is 3650. The van der Waals surface area contributed by atoms with Crippen LogP contribution in [0.2, 0.25) is 0 Å². The zero-order valence-electron chi connectivity index (χ0n) is 67.4. The number of amides is 3. The molecule has 21 unspecified atom stereocenters. The standard InChI is InChI=1S/C30H42N4O9.C22H34N4O9.C13H22O6.C9H12N4O3.CH3O.Na/c1-5-26-34(29(38)30(2,3)25(43-26)12-11-20-9-7-6-8-10-20)41-19-33-15-21(31-32-33)18-40-28-27(39-4)23(17-37)22(16-36)24(42-28)13-14-35;1-22(2)17-4-5-18(35-17)26(21(22)30)33-12-25-8-13(23-24-25)11-32-20-19(31-3)15(10-29)14(9-28)16(34-20)6-7-27;1-3-6-18-13-12(17-2)10(8-16)9(7-15)11(19-13)4-5-14;1-9(2)6-3-4-7(16-6)13(8(9)14)15-5-11-12-10;1-2;/h5-12,15,22-28,35-37H,1,13-14,16-19H2,2-4H3;4-5,8,14-20,27-29H,6-7,9-12H2,1-3H3;1,9-16H,4-8H2,2H3;3-4,6-7H,5H2,1-2H3;1H3;/q;;;;-1;+1/b12-11+;;;;;. The van der Waals surface area contributed by atoms with Crippen LogP contribution in [0.1, 0.15) is 77.8 Å². The summed E-state index contributed by atoms with van der Waals surface area (Å²) in [7, 11) is 5.20. The van der Waals surface area contributed by atoms with Crippen LogP contribution in [0.15, 0.2) is 90.9 Å². The van der Waals surface area contributed by atoms with Crippen molar-refractivity contribution in [2.75, 3.05) is 101 Å². The number of rotatable bonds is 35. The minimum Gasteiger partial charge on any atom is -0.857 e. The Morgan fingerprint density at radius 2 is 0.966 bits per heavy atom. The Hall–Kier alpha value is -6.26. The van der Waals surface area contributed by atoms with Gasteiger partial charge in [0.15, 0.2) is 57.7 Å². The average molecular weight is 1650 g/mol. The Morgan fingerprint density at radius 1 is 0.569 bits per heavy atom. The minimum absolute atomic E-state index is 0. The molecule has 8 aliphatic heterocycles. The van der Waals surface area contributed by atoms with Gasteiger partial charge in [-0.05, 0) is 90.1 Å². The third kappa shape index (κ3) is 24.3. The molecular weight excluding hydrogens is 1540 g/mol. The summed E-state index contributed by atoms with van der Waals surface area (Å²) in [4.78, 5) is 57.5.